The zero-order valence-corrected chi connectivity index (χ0v) is 10.5. The summed E-state index contributed by atoms with van der Waals surface area (Å²) < 4.78 is 2.42. The van der Waals surface area contributed by atoms with Gasteiger partial charge in [-0.3, -0.25) is 0 Å². The second kappa shape index (κ2) is 4.30. The maximum absolute atomic E-state index is 4.40. The third-order valence-corrected chi connectivity index (χ3v) is 4.37. The molecular formula is C14H21N3. The smallest absolute Gasteiger partial charge is 0.0951 e. The molecule has 1 aromatic heterocycles. The fourth-order valence-electron chi connectivity index (χ4n) is 3.13. The van der Waals surface area contributed by atoms with Gasteiger partial charge in [-0.1, -0.05) is 19.1 Å². The number of allylic oxidation sites excluding steroid dienone is 2. The average molecular weight is 231 g/mol. The van der Waals surface area contributed by atoms with Crippen molar-refractivity contribution in [1.29, 1.82) is 0 Å². The predicted octanol–water partition coefficient (Wildman–Crippen LogP) is 2.42. The monoisotopic (exact) mass is 231 g/mol. The van der Waals surface area contributed by atoms with Crippen LogP contribution in [0.2, 0.25) is 0 Å². The lowest BCUT2D eigenvalue weighted by molar-refractivity contribution is 0.309. The van der Waals surface area contributed by atoms with Gasteiger partial charge in [-0.25, -0.2) is 4.98 Å². The van der Waals surface area contributed by atoms with E-state index < -0.39 is 0 Å². The van der Waals surface area contributed by atoms with E-state index in [9.17, 15) is 0 Å². The van der Waals surface area contributed by atoms with Gasteiger partial charge in [0.05, 0.1) is 6.33 Å². The van der Waals surface area contributed by atoms with E-state index in [0.717, 1.165) is 25.9 Å². The summed E-state index contributed by atoms with van der Waals surface area (Å²) in [5.74, 6) is 0. The van der Waals surface area contributed by atoms with Crippen LogP contribution in [0.5, 0.6) is 0 Å². The molecule has 0 amide bonds. The highest BCUT2D eigenvalue weighted by atomic mass is 15.1. The molecule has 1 aliphatic carbocycles. The van der Waals surface area contributed by atoms with Crippen molar-refractivity contribution in [3.8, 4) is 0 Å². The number of hydrogen-bond donors (Lipinski definition) is 1. The molecule has 3 heteroatoms. The van der Waals surface area contributed by atoms with Crippen LogP contribution in [0, 0.1) is 0 Å². The Bertz CT molecular complexity index is 405. The molecule has 17 heavy (non-hydrogen) atoms. The van der Waals surface area contributed by atoms with E-state index in [-0.39, 0.29) is 0 Å². The molecule has 92 valence electrons. The van der Waals surface area contributed by atoms with Gasteiger partial charge >= 0.3 is 0 Å². The number of rotatable bonds is 2. The zero-order chi connectivity index (χ0) is 11.7. The number of nitrogens with zero attached hydrogens (tertiary/aromatic N) is 2. The van der Waals surface area contributed by atoms with Crippen LogP contribution in [0.15, 0.2) is 24.7 Å². The highest BCUT2D eigenvalue weighted by molar-refractivity contribution is 5.17. The van der Waals surface area contributed by atoms with E-state index in [2.05, 4.69) is 40.1 Å². The molecule has 2 heterocycles. The molecule has 3 nitrogen and oxygen atoms in total. The van der Waals surface area contributed by atoms with Crippen LogP contribution in [0.4, 0.5) is 0 Å². The van der Waals surface area contributed by atoms with Crippen molar-refractivity contribution in [3.05, 3.63) is 30.4 Å². The van der Waals surface area contributed by atoms with Crippen molar-refractivity contribution in [2.24, 2.45) is 0 Å². The Labute approximate surface area is 103 Å². The average Bonchev–Trinajstić information content (AvgIpc) is 3.01. The van der Waals surface area contributed by atoms with E-state index in [1.807, 2.05) is 6.33 Å². The number of aromatic nitrogens is 2. The highest BCUT2D eigenvalue weighted by Crippen LogP contribution is 2.36. The molecule has 1 fully saturated rings. The van der Waals surface area contributed by atoms with Crippen molar-refractivity contribution >= 4 is 0 Å². The molecule has 3 rings (SSSR count). The number of hydrogen-bond acceptors (Lipinski definition) is 2. The molecular weight excluding hydrogens is 210 g/mol. The van der Waals surface area contributed by atoms with Crippen molar-refractivity contribution in [2.45, 2.75) is 44.1 Å². The van der Waals surface area contributed by atoms with Gasteiger partial charge < -0.3 is 9.88 Å². The Morgan fingerprint density at radius 3 is 2.71 bits per heavy atom. The maximum atomic E-state index is 4.40. The van der Waals surface area contributed by atoms with Gasteiger partial charge in [0.2, 0.25) is 0 Å². The van der Waals surface area contributed by atoms with E-state index in [4.69, 9.17) is 0 Å². The van der Waals surface area contributed by atoms with Gasteiger partial charge in [0.1, 0.15) is 0 Å². The first-order chi connectivity index (χ1) is 8.30. The summed E-state index contributed by atoms with van der Waals surface area (Å²) in [6.45, 7) is 4.65. The lowest BCUT2D eigenvalue weighted by Gasteiger charge is -2.35. The molecule has 1 aliphatic heterocycles. The minimum absolute atomic E-state index is 0.310. The van der Waals surface area contributed by atoms with Crippen molar-refractivity contribution in [3.63, 3.8) is 0 Å². The molecule has 0 bridgehead atoms. The molecule has 0 spiro atoms. The quantitative estimate of drug-likeness (QED) is 0.792. The van der Waals surface area contributed by atoms with Crippen molar-refractivity contribution in [1.82, 2.24) is 14.9 Å². The van der Waals surface area contributed by atoms with Crippen molar-refractivity contribution in [2.75, 3.05) is 13.1 Å². The van der Waals surface area contributed by atoms with E-state index in [0.29, 0.717) is 11.5 Å². The minimum atomic E-state index is 0.310. The summed E-state index contributed by atoms with van der Waals surface area (Å²) in [5.41, 5.74) is 1.75. The first-order valence-electron chi connectivity index (χ1n) is 6.68. The van der Waals surface area contributed by atoms with Gasteiger partial charge in [-0.15, -0.1) is 0 Å². The van der Waals surface area contributed by atoms with Crippen molar-refractivity contribution < 1.29 is 0 Å². The lowest BCUT2D eigenvalue weighted by atomic mass is 9.78. The molecule has 0 saturated carbocycles. The van der Waals surface area contributed by atoms with E-state index in [1.54, 1.807) is 0 Å². The van der Waals surface area contributed by atoms with Crippen LogP contribution in [0.3, 0.4) is 0 Å². The topological polar surface area (TPSA) is 29.9 Å². The Morgan fingerprint density at radius 2 is 2.00 bits per heavy atom. The van der Waals surface area contributed by atoms with Crippen LogP contribution in [0.25, 0.3) is 0 Å². The SMILES string of the molecule is CC1(c2cncn2C2CC=CC2)CCNCC1. The Kier molecular flexibility index (Phi) is 2.79. The Morgan fingerprint density at radius 1 is 1.29 bits per heavy atom. The van der Waals surface area contributed by atoms with Crippen LogP contribution in [-0.4, -0.2) is 22.6 Å². The van der Waals surface area contributed by atoms with Gasteiger partial charge in [0.25, 0.3) is 0 Å². The maximum Gasteiger partial charge on any atom is 0.0951 e. The normalized spacial score (nSPS) is 24.3. The number of piperidine rings is 1. The molecule has 2 aliphatic rings. The molecule has 1 aromatic rings. The number of nitrogens with one attached hydrogen (secondary N) is 1. The fourth-order valence-corrected chi connectivity index (χ4v) is 3.13. The molecule has 1 N–H and O–H groups in total. The van der Waals surface area contributed by atoms with E-state index >= 15 is 0 Å². The van der Waals surface area contributed by atoms with Gasteiger partial charge in [0.15, 0.2) is 0 Å². The summed E-state index contributed by atoms with van der Waals surface area (Å²) in [6, 6.07) is 0.610. The van der Waals surface area contributed by atoms with Crippen LogP contribution in [0.1, 0.15) is 44.3 Å². The molecule has 0 unspecified atom stereocenters. The largest absolute Gasteiger partial charge is 0.330 e. The van der Waals surface area contributed by atoms with Crippen LogP contribution >= 0.6 is 0 Å². The summed E-state index contributed by atoms with van der Waals surface area (Å²) in [7, 11) is 0. The van der Waals surface area contributed by atoms with Crippen LogP contribution < -0.4 is 5.32 Å². The molecule has 0 aromatic carbocycles. The van der Waals surface area contributed by atoms with E-state index in [1.165, 1.54) is 18.5 Å². The van der Waals surface area contributed by atoms with Crippen LogP contribution in [-0.2, 0) is 5.41 Å². The lowest BCUT2D eigenvalue weighted by Crippen LogP contribution is -2.39. The Hall–Kier alpha value is -1.09. The predicted molar refractivity (Wildman–Crippen MR) is 69.1 cm³/mol. The molecule has 1 saturated heterocycles. The molecule has 0 atom stereocenters. The third kappa shape index (κ3) is 1.93. The van der Waals surface area contributed by atoms with Gasteiger partial charge in [-0.2, -0.15) is 0 Å². The summed E-state index contributed by atoms with van der Waals surface area (Å²) in [6.07, 6.45) is 13.5. The molecule has 0 radical (unpaired) electrons. The zero-order valence-electron chi connectivity index (χ0n) is 10.5. The third-order valence-electron chi connectivity index (χ3n) is 4.37. The fraction of sp³-hybridized carbons (Fsp3) is 0.643. The van der Waals surface area contributed by atoms with Gasteiger partial charge in [0, 0.05) is 23.3 Å². The summed E-state index contributed by atoms with van der Waals surface area (Å²) in [4.78, 5) is 4.40. The van der Waals surface area contributed by atoms with Gasteiger partial charge in [-0.05, 0) is 38.8 Å². The first-order valence-corrected chi connectivity index (χ1v) is 6.68. The summed E-state index contributed by atoms with van der Waals surface area (Å²) >= 11 is 0. The number of imidazole rings is 1. The second-order valence-corrected chi connectivity index (χ2v) is 5.59. The second-order valence-electron chi connectivity index (χ2n) is 5.59. The first kappa shape index (κ1) is 11.0. The standard InChI is InChI=1S/C14H21N3/c1-14(6-8-15-9-7-14)13-10-16-11-17(13)12-4-2-3-5-12/h2-3,10-12,15H,4-9H2,1H3. The highest BCUT2D eigenvalue weighted by Gasteiger charge is 2.33. The minimum Gasteiger partial charge on any atom is -0.330 e. The Balaban J connectivity index is 1.89. The summed E-state index contributed by atoms with van der Waals surface area (Å²) in [5, 5.41) is 3.45.